The highest BCUT2D eigenvalue weighted by Crippen LogP contribution is 2.59. The van der Waals surface area contributed by atoms with Crippen LogP contribution in [0.1, 0.15) is 30.9 Å². The standard InChI is InChI=1S/C25H29N5O3S/c1-18-4-3-9-28-24(18)21-14-20(5-6-22(21)31)17-29-12-7-25(15-19(29)2)8-13-34(32,33)30(25)23-16-26-10-11-27-23/h3-6,8-11,13-14,16,19,31-33H,7,12,15,17H2,1-2H3/t19-,25-/m0/s1. The second-order valence-corrected chi connectivity index (χ2v) is 10.9. The topological polar surface area (TPSA) is 106 Å². The van der Waals surface area contributed by atoms with Gasteiger partial charge in [-0.25, -0.2) is 9.29 Å². The molecule has 1 spiro atoms. The van der Waals surface area contributed by atoms with Crippen molar-refractivity contribution in [2.45, 2.75) is 44.8 Å². The summed E-state index contributed by atoms with van der Waals surface area (Å²) in [6.07, 6.45) is 9.86. The fourth-order valence-electron chi connectivity index (χ4n) is 5.12. The first kappa shape index (κ1) is 22.8. The average molecular weight is 480 g/mol. The molecular weight excluding hydrogens is 450 g/mol. The molecule has 3 N–H and O–H groups in total. The highest BCUT2D eigenvalue weighted by molar-refractivity contribution is 8.28. The second kappa shape index (κ2) is 8.66. The fraction of sp³-hybridized carbons (Fsp3) is 0.320. The SMILES string of the molecule is Cc1cccnc1-c1cc(CN2CC[C@]3(C=CS(O)(O)N3c3cnccn3)C[C@@H]2C)ccc1O. The first-order chi connectivity index (χ1) is 16.3. The lowest BCUT2D eigenvalue weighted by Gasteiger charge is -2.51. The summed E-state index contributed by atoms with van der Waals surface area (Å²) < 4.78 is 23.2. The first-order valence-electron chi connectivity index (χ1n) is 11.3. The maximum Gasteiger partial charge on any atom is 0.166 e. The molecule has 0 bridgehead atoms. The summed E-state index contributed by atoms with van der Waals surface area (Å²) in [5.74, 6) is 0.694. The maximum atomic E-state index is 10.8. The number of rotatable bonds is 4. The van der Waals surface area contributed by atoms with Gasteiger partial charge in [-0.05, 0) is 62.1 Å². The molecule has 8 nitrogen and oxygen atoms in total. The Morgan fingerprint density at radius 2 is 2.00 bits per heavy atom. The highest BCUT2D eigenvalue weighted by atomic mass is 32.3. The molecule has 5 rings (SSSR count). The van der Waals surface area contributed by atoms with E-state index in [0.717, 1.165) is 48.3 Å². The summed E-state index contributed by atoms with van der Waals surface area (Å²) >= 11 is 0. The first-order valence-corrected chi connectivity index (χ1v) is 12.9. The van der Waals surface area contributed by atoms with Gasteiger partial charge >= 0.3 is 0 Å². The molecule has 34 heavy (non-hydrogen) atoms. The van der Waals surface area contributed by atoms with E-state index in [-0.39, 0.29) is 11.8 Å². The van der Waals surface area contributed by atoms with Crippen LogP contribution in [0.4, 0.5) is 5.82 Å². The van der Waals surface area contributed by atoms with Crippen LogP contribution in [0.5, 0.6) is 5.75 Å². The van der Waals surface area contributed by atoms with E-state index in [1.54, 1.807) is 35.2 Å². The third-order valence-corrected chi connectivity index (χ3v) is 8.40. The third kappa shape index (κ3) is 4.05. The Hall–Kier alpha value is -2.98. The predicted octanol–water partition coefficient (Wildman–Crippen LogP) is 4.98. The number of hydrogen-bond donors (Lipinski definition) is 3. The lowest BCUT2D eigenvalue weighted by molar-refractivity contribution is 0.119. The summed E-state index contributed by atoms with van der Waals surface area (Å²) in [6, 6.07) is 9.76. The molecule has 0 aliphatic carbocycles. The highest BCUT2D eigenvalue weighted by Gasteiger charge is 2.50. The molecular formula is C25H29N5O3S. The summed E-state index contributed by atoms with van der Waals surface area (Å²) in [6.45, 7) is 5.65. The largest absolute Gasteiger partial charge is 0.507 e. The van der Waals surface area contributed by atoms with Crippen LogP contribution >= 0.6 is 10.8 Å². The number of piperidine rings is 1. The number of anilines is 1. The Kier molecular flexibility index (Phi) is 5.81. The molecule has 1 fully saturated rings. The maximum absolute atomic E-state index is 10.8. The van der Waals surface area contributed by atoms with Gasteiger partial charge in [-0.3, -0.25) is 24.0 Å². The molecule has 0 radical (unpaired) electrons. The third-order valence-electron chi connectivity index (χ3n) is 6.81. The van der Waals surface area contributed by atoms with Gasteiger partial charge in [0.05, 0.1) is 17.4 Å². The summed E-state index contributed by atoms with van der Waals surface area (Å²) in [5, 5.41) is 12.0. The van der Waals surface area contributed by atoms with Crippen LogP contribution < -0.4 is 4.31 Å². The van der Waals surface area contributed by atoms with Crippen molar-refractivity contribution in [1.82, 2.24) is 19.9 Å². The minimum absolute atomic E-state index is 0.180. The van der Waals surface area contributed by atoms with Gasteiger partial charge in [-0.2, -0.15) is 0 Å². The Balaban J connectivity index is 1.37. The van der Waals surface area contributed by atoms with Crippen LogP contribution in [-0.4, -0.2) is 52.2 Å². The van der Waals surface area contributed by atoms with Gasteiger partial charge in [0.1, 0.15) is 5.75 Å². The van der Waals surface area contributed by atoms with Crippen LogP contribution in [0.15, 0.2) is 66.6 Å². The lowest BCUT2D eigenvalue weighted by atomic mass is 9.83. The fourth-order valence-corrected chi connectivity index (χ4v) is 6.81. The van der Waals surface area contributed by atoms with Crippen LogP contribution in [0.2, 0.25) is 0 Å². The van der Waals surface area contributed by atoms with Crippen molar-refractivity contribution in [2.24, 2.45) is 0 Å². The van der Waals surface area contributed by atoms with Crippen molar-refractivity contribution in [3.05, 3.63) is 77.7 Å². The summed E-state index contributed by atoms with van der Waals surface area (Å²) in [5.41, 5.74) is 3.11. The summed E-state index contributed by atoms with van der Waals surface area (Å²) in [4.78, 5) is 15.3. The molecule has 2 atom stereocenters. The zero-order valence-electron chi connectivity index (χ0n) is 19.2. The molecule has 178 valence electrons. The Labute approximate surface area is 201 Å². The number of benzene rings is 1. The van der Waals surface area contributed by atoms with E-state index < -0.39 is 16.3 Å². The molecule has 1 saturated heterocycles. The number of aryl methyl sites for hydroxylation is 1. The van der Waals surface area contributed by atoms with Crippen LogP contribution in [0.3, 0.4) is 0 Å². The van der Waals surface area contributed by atoms with Crippen molar-refractivity contribution < 1.29 is 14.2 Å². The predicted molar refractivity (Wildman–Crippen MR) is 134 cm³/mol. The quantitative estimate of drug-likeness (QED) is 0.481. The minimum atomic E-state index is -3.10. The number of phenolic OH excluding ortho intramolecular Hbond substituents is 1. The van der Waals surface area contributed by atoms with Crippen molar-refractivity contribution in [3.8, 4) is 17.0 Å². The van der Waals surface area contributed by atoms with Gasteiger partial charge in [0.15, 0.2) is 5.82 Å². The van der Waals surface area contributed by atoms with E-state index >= 15 is 0 Å². The second-order valence-electron chi connectivity index (χ2n) is 9.12. The van der Waals surface area contributed by atoms with Crippen molar-refractivity contribution >= 4 is 16.6 Å². The van der Waals surface area contributed by atoms with Gasteiger partial charge in [0, 0.05) is 48.7 Å². The van der Waals surface area contributed by atoms with Crippen molar-refractivity contribution in [2.75, 3.05) is 10.8 Å². The number of nitrogens with zero attached hydrogens (tertiary/aromatic N) is 5. The van der Waals surface area contributed by atoms with E-state index in [9.17, 15) is 14.2 Å². The Morgan fingerprint density at radius 1 is 1.15 bits per heavy atom. The average Bonchev–Trinajstić information content (AvgIpc) is 3.07. The van der Waals surface area contributed by atoms with Crippen LogP contribution in [0, 0.1) is 6.92 Å². The van der Waals surface area contributed by atoms with Gasteiger partial charge in [0.2, 0.25) is 0 Å². The Bertz CT molecular complexity index is 1220. The van der Waals surface area contributed by atoms with E-state index in [1.807, 2.05) is 37.3 Å². The molecule has 0 amide bonds. The number of phenols is 1. The number of hydrogen-bond acceptors (Lipinski definition) is 8. The van der Waals surface area contributed by atoms with Crippen molar-refractivity contribution in [1.29, 1.82) is 0 Å². The minimum Gasteiger partial charge on any atom is -0.507 e. The smallest absolute Gasteiger partial charge is 0.166 e. The molecule has 0 unspecified atom stereocenters. The normalized spacial score (nSPS) is 25.1. The molecule has 4 heterocycles. The van der Waals surface area contributed by atoms with E-state index in [4.69, 9.17) is 0 Å². The number of pyridine rings is 1. The number of aromatic hydroxyl groups is 1. The molecule has 2 aliphatic heterocycles. The Morgan fingerprint density at radius 3 is 2.74 bits per heavy atom. The molecule has 2 aromatic heterocycles. The number of aromatic nitrogens is 3. The van der Waals surface area contributed by atoms with E-state index in [2.05, 4.69) is 26.8 Å². The summed E-state index contributed by atoms with van der Waals surface area (Å²) in [7, 11) is -3.10. The zero-order valence-corrected chi connectivity index (χ0v) is 20.1. The van der Waals surface area contributed by atoms with Gasteiger partial charge < -0.3 is 5.11 Å². The molecule has 1 aromatic carbocycles. The monoisotopic (exact) mass is 479 g/mol. The lowest BCUT2D eigenvalue weighted by Crippen LogP contribution is -2.55. The van der Waals surface area contributed by atoms with E-state index in [0.29, 0.717) is 5.82 Å². The van der Waals surface area contributed by atoms with E-state index in [1.165, 1.54) is 5.41 Å². The molecule has 0 saturated carbocycles. The number of likely N-dealkylation sites (tertiary alicyclic amines) is 1. The molecule has 3 aromatic rings. The van der Waals surface area contributed by atoms with Gasteiger partial charge in [-0.1, -0.05) is 22.9 Å². The van der Waals surface area contributed by atoms with Crippen LogP contribution in [-0.2, 0) is 6.54 Å². The van der Waals surface area contributed by atoms with Gasteiger partial charge in [0.25, 0.3) is 0 Å². The zero-order chi connectivity index (χ0) is 23.9. The van der Waals surface area contributed by atoms with Crippen molar-refractivity contribution in [3.63, 3.8) is 0 Å². The molecule has 9 heteroatoms. The molecule has 2 aliphatic rings. The van der Waals surface area contributed by atoms with Crippen LogP contribution in [0.25, 0.3) is 11.3 Å². The van der Waals surface area contributed by atoms with Gasteiger partial charge in [-0.15, -0.1) is 0 Å².